The lowest BCUT2D eigenvalue weighted by molar-refractivity contribution is -0.532. The Morgan fingerprint density at radius 2 is 1.33 bits per heavy atom. The van der Waals surface area contributed by atoms with Gasteiger partial charge in [-0.05, 0) is 0 Å². The van der Waals surface area contributed by atoms with Crippen molar-refractivity contribution in [3.8, 4) is 0 Å². The number of rotatable bonds is 0. The summed E-state index contributed by atoms with van der Waals surface area (Å²) in [6.45, 7) is 3.31. The summed E-state index contributed by atoms with van der Waals surface area (Å²) in [6.07, 6.45) is 0.931. The molecule has 0 bridgehead atoms. The van der Waals surface area contributed by atoms with Gasteiger partial charge >= 0.3 is 0 Å². The zero-order chi connectivity index (χ0) is 6.36. The SMILES string of the molecule is C1CO1.C1COOOC1. The molecule has 2 rings (SSSR count). The predicted octanol–water partition coefficient (Wildman–Crippen LogP) is 0.286. The third-order valence-corrected chi connectivity index (χ3v) is 0.756. The molecule has 0 aromatic rings. The maximum atomic E-state index is 4.50. The average Bonchev–Trinajstić information content (AvgIpc) is 2.76. The van der Waals surface area contributed by atoms with E-state index >= 15 is 0 Å². The van der Waals surface area contributed by atoms with Crippen LogP contribution in [-0.2, 0) is 19.6 Å². The lowest BCUT2D eigenvalue weighted by Gasteiger charge is -2.06. The number of epoxide rings is 1. The predicted molar refractivity (Wildman–Crippen MR) is 28.4 cm³/mol. The lowest BCUT2D eigenvalue weighted by Crippen LogP contribution is -2.08. The van der Waals surface area contributed by atoms with Crippen LogP contribution in [0.25, 0.3) is 0 Å². The average molecular weight is 134 g/mol. The zero-order valence-electron chi connectivity index (χ0n) is 5.17. The normalized spacial score (nSPS) is 24.0. The molecule has 0 saturated carbocycles. The second kappa shape index (κ2) is 4.69. The summed E-state index contributed by atoms with van der Waals surface area (Å²) in [7, 11) is 0. The lowest BCUT2D eigenvalue weighted by atomic mass is 10.5. The molecule has 4 nitrogen and oxygen atoms in total. The first kappa shape index (κ1) is 6.95. The van der Waals surface area contributed by atoms with E-state index in [0.29, 0.717) is 13.2 Å². The summed E-state index contributed by atoms with van der Waals surface area (Å²) in [6, 6.07) is 0. The number of hydrogen-bond donors (Lipinski definition) is 0. The van der Waals surface area contributed by atoms with Gasteiger partial charge in [-0.3, -0.25) is 0 Å². The fraction of sp³-hybridized carbons (Fsp3) is 1.00. The Morgan fingerprint density at radius 3 is 1.44 bits per heavy atom. The van der Waals surface area contributed by atoms with Crippen molar-refractivity contribution in [3.05, 3.63) is 0 Å². The topological polar surface area (TPSA) is 40.2 Å². The highest BCUT2D eigenvalue weighted by Crippen LogP contribution is 1.93. The molecule has 2 aliphatic heterocycles. The van der Waals surface area contributed by atoms with E-state index in [1.807, 2.05) is 0 Å². The molecule has 2 aliphatic rings. The van der Waals surface area contributed by atoms with Crippen molar-refractivity contribution in [3.63, 3.8) is 0 Å². The van der Waals surface area contributed by atoms with Gasteiger partial charge in [0.2, 0.25) is 0 Å². The third kappa shape index (κ3) is 5.72. The second-order valence-corrected chi connectivity index (χ2v) is 1.68. The smallest absolute Gasteiger partial charge is 0.0877 e. The molecule has 0 spiro atoms. The molecular weight excluding hydrogens is 124 g/mol. The monoisotopic (exact) mass is 134 g/mol. The summed E-state index contributed by atoms with van der Waals surface area (Å²) < 4.78 is 4.50. The quantitative estimate of drug-likeness (QED) is 0.352. The maximum Gasteiger partial charge on any atom is 0.0877 e. The van der Waals surface area contributed by atoms with Crippen LogP contribution in [0.2, 0.25) is 0 Å². The molecule has 2 heterocycles. The van der Waals surface area contributed by atoms with Gasteiger partial charge in [-0.1, -0.05) is 5.04 Å². The minimum atomic E-state index is 0.653. The van der Waals surface area contributed by atoms with Crippen LogP contribution in [-0.4, -0.2) is 26.4 Å². The molecule has 0 amide bonds. The van der Waals surface area contributed by atoms with Gasteiger partial charge < -0.3 is 4.74 Å². The van der Waals surface area contributed by atoms with Crippen LogP contribution in [0.5, 0.6) is 0 Å². The van der Waals surface area contributed by atoms with Crippen molar-refractivity contribution in [2.75, 3.05) is 26.4 Å². The zero-order valence-corrected chi connectivity index (χ0v) is 5.17. The van der Waals surface area contributed by atoms with Crippen molar-refractivity contribution in [2.24, 2.45) is 0 Å². The van der Waals surface area contributed by atoms with Gasteiger partial charge in [0.15, 0.2) is 0 Å². The molecule has 0 radical (unpaired) electrons. The molecule has 9 heavy (non-hydrogen) atoms. The summed E-state index contributed by atoms with van der Waals surface area (Å²) in [4.78, 5) is 8.69. The highest BCUT2D eigenvalue weighted by molar-refractivity contribution is 4.36. The van der Waals surface area contributed by atoms with Gasteiger partial charge in [0.05, 0.1) is 26.4 Å². The number of ether oxygens (including phenoxy) is 1. The fourth-order valence-electron chi connectivity index (χ4n) is 0.279. The van der Waals surface area contributed by atoms with Crippen molar-refractivity contribution in [2.45, 2.75) is 6.42 Å². The molecule has 0 aliphatic carbocycles. The van der Waals surface area contributed by atoms with E-state index in [0.717, 1.165) is 19.6 Å². The number of hydrogen-bond acceptors (Lipinski definition) is 4. The maximum absolute atomic E-state index is 4.50. The summed E-state index contributed by atoms with van der Waals surface area (Å²) in [5.74, 6) is 0. The molecule has 0 aromatic carbocycles. The van der Waals surface area contributed by atoms with Crippen LogP contribution in [0.3, 0.4) is 0 Å². The van der Waals surface area contributed by atoms with E-state index in [2.05, 4.69) is 19.6 Å². The van der Waals surface area contributed by atoms with Crippen LogP contribution < -0.4 is 0 Å². The highest BCUT2D eigenvalue weighted by atomic mass is 17.5. The first-order valence-corrected chi connectivity index (χ1v) is 2.99. The Morgan fingerprint density at radius 1 is 0.778 bits per heavy atom. The van der Waals surface area contributed by atoms with Gasteiger partial charge in [0.25, 0.3) is 0 Å². The fourth-order valence-corrected chi connectivity index (χ4v) is 0.279. The highest BCUT2D eigenvalue weighted by Gasteiger charge is 1.96. The van der Waals surface area contributed by atoms with Crippen molar-refractivity contribution in [1.82, 2.24) is 0 Å². The van der Waals surface area contributed by atoms with E-state index in [1.54, 1.807) is 0 Å². The first-order valence-electron chi connectivity index (χ1n) is 2.99. The van der Waals surface area contributed by atoms with E-state index in [4.69, 9.17) is 0 Å². The molecule has 0 atom stereocenters. The van der Waals surface area contributed by atoms with E-state index < -0.39 is 0 Å². The molecule has 2 fully saturated rings. The molecule has 54 valence electrons. The molecule has 2 saturated heterocycles. The van der Waals surface area contributed by atoms with Crippen molar-refractivity contribution < 1.29 is 19.6 Å². The van der Waals surface area contributed by atoms with E-state index in [9.17, 15) is 0 Å². The first-order chi connectivity index (χ1) is 4.50. The van der Waals surface area contributed by atoms with Crippen LogP contribution in [0.1, 0.15) is 6.42 Å². The minimum Gasteiger partial charge on any atom is -0.377 e. The van der Waals surface area contributed by atoms with Crippen molar-refractivity contribution >= 4 is 0 Å². The summed E-state index contributed by atoms with van der Waals surface area (Å²) in [5.41, 5.74) is 0. The molecule has 0 N–H and O–H groups in total. The largest absolute Gasteiger partial charge is 0.377 e. The Balaban J connectivity index is 0.000000112. The Kier molecular flexibility index (Phi) is 3.63. The van der Waals surface area contributed by atoms with E-state index in [1.165, 1.54) is 0 Å². The standard InChI is InChI=1S/C3H6O3.C2H4O/c1-2-4-6-5-3-1;1-2-3-1/h1-3H2;1-2H2. The van der Waals surface area contributed by atoms with E-state index in [-0.39, 0.29) is 0 Å². The molecular formula is C5H10O4. The van der Waals surface area contributed by atoms with Gasteiger partial charge in [-0.15, -0.1) is 0 Å². The van der Waals surface area contributed by atoms with Gasteiger partial charge in [0, 0.05) is 6.42 Å². The van der Waals surface area contributed by atoms with Crippen LogP contribution in [0.4, 0.5) is 0 Å². The third-order valence-electron chi connectivity index (χ3n) is 0.756. The Labute approximate surface area is 53.5 Å². The van der Waals surface area contributed by atoms with Crippen molar-refractivity contribution in [1.29, 1.82) is 0 Å². The molecule has 0 unspecified atom stereocenters. The molecule has 0 aromatic heterocycles. The minimum absolute atomic E-state index is 0.653. The summed E-state index contributed by atoms with van der Waals surface area (Å²) in [5, 5.41) is 4.07. The Hall–Kier alpha value is -0.160. The van der Waals surface area contributed by atoms with Crippen LogP contribution >= 0.6 is 0 Å². The van der Waals surface area contributed by atoms with Crippen LogP contribution in [0.15, 0.2) is 0 Å². The summed E-state index contributed by atoms with van der Waals surface area (Å²) >= 11 is 0. The molecule has 4 heteroatoms. The second-order valence-electron chi connectivity index (χ2n) is 1.68. The van der Waals surface area contributed by atoms with Gasteiger partial charge in [-0.25, -0.2) is 9.78 Å². The van der Waals surface area contributed by atoms with Crippen LogP contribution in [0, 0.1) is 0 Å². The van der Waals surface area contributed by atoms with Gasteiger partial charge in [-0.2, -0.15) is 0 Å². The Bertz CT molecular complexity index is 45.7. The van der Waals surface area contributed by atoms with Gasteiger partial charge in [0.1, 0.15) is 0 Å².